The van der Waals surface area contributed by atoms with E-state index in [1.54, 1.807) is 18.0 Å². The van der Waals surface area contributed by atoms with Gasteiger partial charge in [-0.05, 0) is 12.1 Å². The molecule has 0 amide bonds. The Kier molecular flexibility index (Phi) is 6.09. The summed E-state index contributed by atoms with van der Waals surface area (Å²) in [5.41, 5.74) is 0. The van der Waals surface area contributed by atoms with E-state index in [4.69, 9.17) is 16.7 Å². The van der Waals surface area contributed by atoms with Crippen molar-refractivity contribution in [1.29, 1.82) is 0 Å². The standard InChI is InChI=1S/C11H15ClF3N3OS/c1-16-10(17-5-8(19)11(13,14)15)18(2)6-7-3-4-9(12)20-7/h3-4,8,19H,5-6H2,1-2H3,(H,16,17). The number of thiophene rings is 1. The molecule has 0 bridgehead atoms. The van der Waals surface area contributed by atoms with E-state index in [1.807, 2.05) is 6.07 Å². The third kappa shape index (κ3) is 5.18. The molecule has 0 radical (unpaired) electrons. The van der Waals surface area contributed by atoms with Gasteiger partial charge in [0.15, 0.2) is 12.1 Å². The lowest BCUT2D eigenvalue weighted by atomic mass is 10.3. The summed E-state index contributed by atoms with van der Waals surface area (Å²) in [6.07, 6.45) is -7.07. The SMILES string of the molecule is CN=C(NCC(O)C(F)(F)F)N(C)Cc1ccc(Cl)s1. The molecule has 4 nitrogen and oxygen atoms in total. The van der Waals surface area contributed by atoms with Crippen LogP contribution >= 0.6 is 22.9 Å². The van der Waals surface area contributed by atoms with E-state index < -0.39 is 18.8 Å². The topological polar surface area (TPSA) is 47.9 Å². The molecule has 1 heterocycles. The van der Waals surface area contributed by atoms with Crippen LogP contribution in [0.1, 0.15) is 4.88 Å². The van der Waals surface area contributed by atoms with E-state index in [1.165, 1.54) is 18.4 Å². The fourth-order valence-corrected chi connectivity index (χ4v) is 2.57. The van der Waals surface area contributed by atoms with Crippen molar-refractivity contribution in [3.05, 3.63) is 21.3 Å². The van der Waals surface area contributed by atoms with E-state index in [0.29, 0.717) is 10.9 Å². The second-order valence-electron chi connectivity index (χ2n) is 4.05. The quantitative estimate of drug-likeness (QED) is 0.658. The van der Waals surface area contributed by atoms with Gasteiger partial charge in [0, 0.05) is 19.0 Å². The lowest BCUT2D eigenvalue weighted by molar-refractivity contribution is -0.201. The maximum atomic E-state index is 12.2. The van der Waals surface area contributed by atoms with Crippen molar-refractivity contribution in [3.8, 4) is 0 Å². The molecule has 0 aliphatic carbocycles. The number of aliphatic hydroxyl groups is 1. The second-order valence-corrected chi connectivity index (χ2v) is 5.85. The molecule has 1 aromatic rings. The summed E-state index contributed by atoms with van der Waals surface area (Å²) in [6, 6.07) is 3.58. The maximum absolute atomic E-state index is 12.2. The monoisotopic (exact) mass is 329 g/mol. The van der Waals surface area contributed by atoms with Crippen molar-refractivity contribution in [2.75, 3.05) is 20.6 Å². The van der Waals surface area contributed by atoms with Crippen molar-refractivity contribution in [2.24, 2.45) is 4.99 Å². The molecule has 0 aliphatic rings. The van der Waals surface area contributed by atoms with E-state index in [9.17, 15) is 13.2 Å². The first kappa shape index (κ1) is 17.1. The Morgan fingerprint density at radius 3 is 2.65 bits per heavy atom. The van der Waals surface area contributed by atoms with Crippen LogP contribution in [0, 0.1) is 0 Å². The Morgan fingerprint density at radius 1 is 1.55 bits per heavy atom. The van der Waals surface area contributed by atoms with Crippen LogP contribution in [0.25, 0.3) is 0 Å². The van der Waals surface area contributed by atoms with E-state index in [-0.39, 0.29) is 5.96 Å². The highest BCUT2D eigenvalue weighted by molar-refractivity contribution is 7.16. The molecular weight excluding hydrogens is 315 g/mol. The molecule has 0 saturated carbocycles. The van der Waals surface area contributed by atoms with Crippen molar-refractivity contribution >= 4 is 28.9 Å². The van der Waals surface area contributed by atoms with Gasteiger partial charge in [-0.2, -0.15) is 13.2 Å². The minimum atomic E-state index is -4.65. The van der Waals surface area contributed by atoms with Gasteiger partial charge in [0.2, 0.25) is 0 Å². The minimum Gasteiger partial charge on any atom is -0.382 e. The van der Waals surface area contributed by atoms with Gasteiger partial charge in [0.05, 0.1) is 17.4 Å². The summed E-state index contributed by atoms with van der Waals surface area (Å²) in [6.45, 7) is -0.190. The van der Waals surface area contributed by atoms with Gasteiger partial charge in [0.1, 0.15) is 0 Å². The van der Waals surface area contributed by atoms with Crippen molar-refractivity contribution in [3.63, 3.8) is 0 Å². The fourth-order valence-electron chi connectivity index (χ4n) is 1.43. The van der Waals surface area contributed by atoms with Crippen molar-refractivity contribution in [2.45, 2.75) is 18.8 Å². The normalized spacial score (nSPS) is 14.2. The summed E-state index contributed by atoms with van der Waals surface area (Å²) >= 11 is 7.19. The molecule has 0 fully saturated rings. The third-order valence-electron chi connectivity index (χ3n) is 2.43. The molecule has 1 atom stereocenters. The van der Waals surface area contributed by atoms with E-state index >= 15 is 0 Å². The highest BCUT2D eigenvalue weighted by Gasteiger charge is 2.38. The van der Waals surface area contributed by atoms with Crippen molar-refractivity contribution < 1.29 is 18.3 Å². The highest BCUT2D eigenvalue weighted by Crippen LogP contribution is 2.22. The fraction of sp³-hybridized carbons (Fsp3) is 0.545. The lowest BCUT2D eigenvalue weighted by Gasteiger charge is -2.23. The van der Waals surface area contributed by atoms with Crippen LogP contribution in [0.5, 0.6) is 0 Å². The third-order valence-corrected chi connectivity index (χ3v) is 3.64. The van der Waals surface area contributed by atoms with Crippen LogP contribution < -0.4 is 5.32 Å². The number of halogens is 4. The van der Waals surface area contributed by atoms with Gasteiger partial charge < -0.3 is 15.3 Å². The second kappa shape index (κ2) is 7.14. The van der Waals surface area contributed by atoms with Crippen LogP contribution in [0.2, 0.25) is 4.34 Å². The van der Waals surface area contributed by atoms with Gasteiger partial charge in [-0.3, -0.25) is 4.99 Å². The Balaban J connectivity index is 2.54. The van der Waals surface area contributed by atoms with Gasteiger partial charge in [-0.15, -0.1) is 11.3 Å². The summed E-state index contributed by atoms with van der Waals surface area (Å²) in [7, 11) is 3.14. The zero-order valence-electron chi connectivity index (χ0n) is 10.9. The molecule has 0 spiro atoms. The summed E-state index contributed by atoms with van der Waals surface area (Å²) < 4.78 is 37.2. The molecule has 9 heteroatoms. The first-order chi connectivity index (χ1) is 9.24. The number of rotatable bonds is 4. The number of aliphatic imine (C=N–C) groups is 1. The molecule has 0 aliphatic heterocycles. The van der Waals surface area contributed by atoms with Gasteiger partial charge >= 0.3 is 6.18 Å². The zero-order valence-corrected chi connectivity index (χ0v) is 12.5. The maximum Gasteiger partial charge on any atom is 0.416 e. The van der Waals surface area contributed by atoms with Crippen molar-refractivity contribution in [1.82, 2.24) is 10.2 Å². The predicted octanol–water partition coefficient (Wildman–Crippen LogP) is 2.33. The Bertz CT molecular complexity index is 464. The molecular formula is C11H15ClF3N3OS. The summed E-state index contributed by atoms with van der Waals surface area (Å²) in [4.78, 5) is 6.47. The van der Waals surface area contributed by atoms with Crippen LogP contribution in [-0.4, -0.2) is 48.9 Å². The number of aliphatic hydroxyl groups excluding tert-OH is 1. The zero-order chi connectivity index (χ0) is 15.3. The smallest absolute Gasteiger partial charge is 0.382 e. The minimum absolute atomic E-state index is 0.262. The summed E-state index contributed by atoms with van der Waals surface area (Å²) in [5, 5.41) is 11.4. The lowest BCUT2D eigenvalue weighted by Crippen LogP contribution is -2.45. The predicted molar refractivity (Wildman–Crippen MR) is 74.2 cm³/mol. The Hall–Kier alpha value is -0.990. The van der Waals surface area contributed by atoms with Crippen LogP contribution in [-0.2, 0) is 6.54 Å². The number of nitrogens with one attached hydrogen (secondary N) is 1. The molecule has 0 aromatic carbocycles. The first-order valence-corrected chi connectivity index (χ1v) is 6.84. The molecule has 114 valence electrons. The number of alkyl halides is 3. The van der Waals surface area contributed by atoms with E-state index in [2.05, 4.69) is 10.3 Å². The highest BCUT2D eigenvalue weighted by atomic mass is 35.5. The molecule has 1 unspecified atom stereocenters. The number of hydrogen-bond acceptors (Lipinski definition) is 3. The van der Waals surface area contributed by atoms with Gasteiger partial charge in [-0.25, -0.2) is 0 Å². The molecule has 1 rings (SSSR count). The number of hydrogen-bond donors (Lipinski definition) is 2. The van der Waals surface area contributed by atoms with Crippen LogP contribution in [0.15, 0.2) is 17.1 Å². The molecule has 20 heavy (non-hydrogen) atoms. The first-order valence-electron chi connectivity index (χ1n) is 5.64. The average molecular weight is 330 g/mol. The van der Waals surface area contributed by atoms with E-state index in [0.717, 1.165) is 4.88 Å². The number of guanidine groups is 1. The molecule has 0 saturated heterocycles. The number of nitrogens with zero attached hydrogens (tertiary/aromatic N) is 2. The van der Waals surface area contributed by atoms with Gasteiger partial charge in [0.25, 0.3) is 0 Å². The molecule has 2 N–H and O–H groups in total. The largest absolute Gasteiger partial charge is 0.416 e. The van der Waals surface area contributed by atoms with Crippen LogP contribution in [0.4, 0.5) is 13.2 Å². The summed E-state index contributed by atoms with van der Waals surface area (Å²) in [5.74, 6) is 0.262. The van der Waals surface area contributed by atoms with Gasteiger partial charge in [-0.1, -0.05) is 11.6 Å². The Labute approximate surface area is 123 Å². The van der Waals surface area contributed by atoms with Crippen LogP contribution in [0.3, 0.4) is 0 Å². The Morgan fingerprint density at radius 2 is 2.20 bits per heavy atom. The molecule has 1 aromatic heterocycles. The average Bonchev–Trinajstić information content (AvgIpc) is 2.74.